The summed E-state index contributed by atoms with van der Waals surface area (Å²) in [5.74, 6) is 0.951. The van der Waals surface area contributed by atoms with Crippen molar-refractivity contribution in [3.8, 4) is 11.3 Å². The number of H-pyrrole nitrogens is 1. The molecule has 17 heavy (non-hydrogen) atoms. The highest BCUT2D eigenvalue weighted by atomic mass is 32.1. The van der Waals surface area contributed by atoms with Crippen LogP contribution in [0.3, 0.4) is 0 Å². The lowest BCUT2D eigenvalue weighted by Gasteiger charge is -1.98. The molecule has 0 atom stereocenters. The van der Waals surface area contributed by atoms with E-state index in [4.69, 9.17) is 0 Å². The van der Waals surface area contributed by atoms with Crippen LogP contribution in [0.15, 0.2) is 18.2 Å². The fourth-order valence-electron chi connectivity index (χ4n) is 2.08. The van der Waals surface area contributed by atoms with E-state index < -0.39 is 0 Å². The quantitative estimate of drug-likeness (QED) is 0.709. The van der Waals surface area contributed by atoms with Gasteiger partial charge in [0, 0.05) is 11.3 Å². The third-order valence-electron chi connectivity index (χ3n) is 2.77. The van der Waals surface area contributed by atoms with Gasteiger partial charge in [0.15, 0.2) is 0 Å². The van der Waals surface area contributed by atoms with E-state index in [1.807, 2.05) is 20.8 Å². The molecular formula is C13H13N3S. The number of rotatable bonds is 1. The molecule has 0 aliphatic carbocycles. The summed E-state index contributed by atoms with van der Waals surface area (Å²) >= 11 is 1.73. The normalized spacial score (nSPS) is 11.2. The van der Waals surface area contributed by atoms with E-state index in [1.54, 1.807) is 11.3 Å². The smallest absolute Gasteiger partial charge is 0.103 e. The minimum atomic E-state index is 0.951. The van der Waals surface area contributed by atoms with Crippen molar-refractivity contribution in [3.63, 3.8) is 0 Å². The molecule has 0 radical (unpaired) electrons. The van der Waals surface area contributed by atoms with Gasteiger partial charge in [-0.15, -0.1) is 11.3 Å². The number of thiazole rings is 1. The number of fused-ring (bicyclic) bond motifs is 1. The van der Waals surface area contributed by atoms with E-state index >= 15 is 0 Å². The lowest BCUT2D eigenvalue weighted by Crippen LogP contribution is -1.81. The highest BCUT2D eigenvalue weighted by Gasteiger charge is 2.08. The summed E-state index contributed by atoms with van der Waals surface area (Å²) in [6, 6.07) is 6.35. The molecule has 0 saturated carbocycles. The Morgan fingerprint density at radius 3 is 2.65 bits per heavy atom. The zero-order valence-electron chi connectivity index (χ0n) is 10.0. The van der Waals surface area contributed by atoms with Gasteiger partial charge in [0.05, 0.1) is 20.9 Å². The molecule has 1 aromatic carbocycles. The summed E-state index contributed by atoms with van der Waals surface area (Å²) in [6.45, 7) is 6.06. The summed E-state index contributed by atoms with van der Waals surface area (Å²) in [6.07, 6.45) is 0. The van der Waals surface area contributed by atoms with Crippen LogP contribution in [0.25, 0.3) is 21.5 Å². The molecular weight excluding hydrogens is 230 g/mol. The number of aromatic nitrogens is 3. The average molecular weight is 243 g/mol. The lowest BCUT2D eigenvalue weighted by molar-refractivity contribution is 1.13. The number of imidazole rings is 1. The van der Waals surface area contributed by atoms with Crippen molar-refractivity contribution in [1.82, 2.24) is 15.0 Å². The molecule has 2 heterocycles. The van der Waals surface area contributed by atoms with Gasteiger partial charge in [0.2, 0.25) is 0 Å². The number of nitrogens with zero attached hydrogens (tertiary/aromatic N) is 2. The maximum atomic E-state index is 4.52. The largest absolute Gasteiger partial charge is 0.346 e. The molecule has 3 nitrogen and oxygen atoms in total. The number of nitrogens with one attached hydrogen (secondary N) is 1. The molecule has 4 heteroatoms. The number of aryl methyl sites for hydroxylation is 3. The molecule has 0 amide bonds. The Hall–Kier alpha value is -1.68. The van der Waals surface area contributed by atoms with Gasteiger partial charge in [-0.2, -0.15) is 0 Å². The zero-order chi connectivity index (χ0) is 12.0. The van der Waals surface area contributed by atoms with Gasteiger partial charge in [-0.1, -0.05) is 6.07 Å². The van der Waals surface area contributed by atoms with Crippen LogP contribution in [0.2, 0.25) is 0 Å². The lowest BCUT2D eigenvalue weighted by atomic mass is 10.1. The van der Waals surface area contributed by atoms with Gasteiger partial charge in [0.1, 0.15) is 5.82 Å². The van der Waals surface area contributed by atoms with Crippen LogP contribution in [0.1, 0.15) is 16.5 Å². The van der Waals surface area contributed by atoms with E-state index in [0.717, 1.165) is 33.3 Å². The van der Waals surface area contributed by atoms with Crippen molar-refractivity contribution in [2.45, 2.75) is 20.8 Å². The molecule has 0 aliphatic rings. The predicted octanol–water partition coefficient (Wildman–Crippen LogP) is 3.61. The number of hydrogen-bond acceptors (Lipinski definition) is 3. The van der Waals surface area contributed by atoms with Crippen LogP contribution in [0.5, 0.6) is 0 Å². The van der Waals surface area contributed by atoms with Gasteiger partial charge in [-0.05, 0) is 32.9 Å². The summed E-state index contributed by atoms with van der Waals surface area (Å²) in [4.78, 5) is 12.3. The van der Waals surface area contributed by atoms with Crippen molar-refractivity contribution >= 4 is 21.6 Å². The van der Waals surface area contributed by atoms with Gasteiger partial charge in [-0.25, -0.2) is 9.97 Å². The molecule has 2 aromatic heterocycles. The van der Waals surface area contributed by atoms with Crippen molar-refractivity contribution in [2.75, 3.05) is 0 Å². The fourth-order valence-corrected chi connectivity index (χ4v) is 2.89. The minimum absolute atomic E-state index is 0.951. The minimum Gasteiger partial charge on any atom is -0.346 e. The number of aromatic amines is 1. The van der Waals surface area contributed by atoms with E-state index in [-0.39, 0.29) is 0 Å². The second kappa shape index (κ2) is 3.67. The Morgan fingerprint density at radius 1 is 1.12 bits per heavy atom. The second-order valence-corrected chi connectivity index (χ2v) is 5.45. The third kappa shape index (κ3) is 1.74. The van der Waals surface area contributed by atoms with E-state index in [9.17, 15) is 0 Å². The Bertz CT molecular complexity index is 694. The highest BCUT2D eigenvalue weighted by molar-refractivity contribution is 7.18. The van der Waals surface area contributed by atoms with Crippen LogP contribution in [0, 0.1) is 20.8 Å². The SMILES string of the molecule is Cc1nc(-c2ccc3sc(C)nc3c2)c(C)[nH]1. The van der Waals surface area contributed by atoms with Gasteiger partial charge in [-0.3, -0.25) is 0 Å². The molecule has 3 rings (SSSR count). The molecule has 3 aromatic rings. The molecule has 86 valence electrons. The maximum absolute atomic E-state index is 4.52. The fraction of sp³-hybridized carbons (Fsp3) is 0.231. The monoisotopic (exact) mass is 243 g/mol. The summed E-state index contributed by atoms with van der Waals surface area (Å²) < 4.78 is 1.23. The van der Waals surface area contributed by atoms with E-state index in [2.05, 4.69) is 33.2 Å². The second-order valence-electron chi connectivity index (χ2n) is 4.21. The number of benzene rings is 1. The first-order chi connectivity index (χ1) is 8.13. The topological polar surface area (TPSA) is 41.6 Å². The summed E-state index contributed by atoms with van der Waals surface area (Å²) in [5.41, 5.74) is 4.32. The van der Waals surface area contributed by atoms with Crippen molar-refractivity contribution in [1.29, 1.82) is 0 Å². The maximum Gasteiger partial charge on any atom is 0.103 e. The molecule has 0 aliphatic heterocycles. The van der Waals surface area contributed by atoms with Crippen molar-refractivity contribution in [2.24, 2.45) is 0 Å². The van der Waals surface area contributed by atoms with E-state index in [0.29, 0.717) is 0 Å². The molecule has 0 spiro atoms. The summed E-state index contributed by atoms with van der Waals surface area (Å²) in [5, 5.41) is 1.10. The first kappa shape index (κ1) is 10.5. The van der Waals surface area contributed by atoms with Crippen LogP contribution in [0.4, 0.5) is 0 Å². The number of hydrogen-bond donors (Lipinski definition) is 1. The summed E-state index contributed by atoms with van der Waals surface area (Å²) in [7, 11) is 0. The first-order valence-corrected chi connectivity index (χ1v) is 6.36. The zero-order valence-corrected chi connectivity index (χ0v) is 10.9. The predicted molar refractivity (Wildman–Crippen MR) is 71.4 cm³/mol. The third-order valence-corrected chi connectivity index (χ3v) is 3.72. The molecule has 0 bridgehead atoms. The first-order valence-electron chi connectivity index (χ1n) is 5.54. The van der Waals surface area contributed by atoms with Crippen molar-refractivity contribution < 1.29 is 0 Å². The van der Waals surface area contributed by atoms with Crippen LogP contribution in [-0.4, -0.2) is 15.0 Å². The van der Waals surface area contributed by atoms with Crippen LogP contribution >= 0.6 is 11.3 Å². The Labute approximate surface area is 104 Å². The Morgan fingerprint density at radius 2 is 1.94 bits per heavy atom. The average Bonchev–Trinajstić information content (AvgIpc) is 2.78. The van der Waals surface area contributed by atoms with E-state index in [1.165, 1.54) is 4.70 Å². The molecule has 1 N–H and O–H groups in total. The van der Waals surface area contributed by atoms with Gasteiger partial charge in [0.25, 0.3) is 0 Å². The van der Waals surface area contributed by atoms with Crippen LogP contribution < -0.4 is 0 Å². The van der Waals surface area contributed by atoms with Gasteiger partial charge < -0.3 is 4.98 Å². The molecule has 0 unspecified atom stereocenters. The van der Waals surface area contributed by atoms with Gasteiger partial charge >= 0.3 is 0 Å². The standard InChI is InChI=1S/C13H13N3S/c1-7-13(15-8(2)14-7)10-4-5-12-11(6-10)16-9(3)17-12/h4-6H,1-3H3,(H,14,15). The Kier molecular flexibility index (Phi) is 2.26. The molecule has 0 saturated heterocycles. The molecule has 0 fully saturated rings. The van der Waals surface area contributed by atoms with Crippen molar-refractivity contribution in [3.05, 3.63) is 34.7 Å². The van der Waals surface area contributed by atoms with Crippen LogP contribution in [-0.2, 0) is 0 Å². The highest BCUT2D eigenvalue weighted by Crippen LogP contribution is 2.28. The Balaban J connectivity index is 2.20.